The van der Waals surface area contributed by atoms with Crippen LogP contribution in [0.2, 0.25) is 0 Å². The molecule has 0 aliphatic carbocycles. The molecule has 0 spiro atoms. The second kappa shape index (κ2) is 3.45. The summed E-state index contributed by atoms with van der Waals surface area (Å²) in [5.74, 6) is -0.304. The van der Waals surface area contributed by atoms with Gasteiger partial charge in [0.15, 0.2) is 11.6 Å². The van der Waals surface area contributed by atoms with Gasteiger partial charge in [0.05, 0.1) is 11.3 Å². The minimum atomic E-state index is -1.04. The van der Waals surface area contributed by atoms with Gasteiger partial charge in [-0.15, -0.1) is 0 Å². The van der Waals surface area contributed by atoms with Crippen LogP contribution in [-0.4, -0.2) is 36.2 Å². The van der Waals surface area contributed by atoms with Crippen molar-refractivity contribution >= 4 is 5.97 Å². The third-order valence-corrected chi connectivity index (χ3v) is 1.84. The van der Waals surface area contributed by atoms with Crippen LogP contribution >= 0.6 is 0 Å². The Kier molecular flexibility index (Phi) is 2.13. The van der Waals surface area contributed by atoms with Gasteiger partial charge in [0, 0.05) is 6.20 Å². The van der Waals surface area contributed by atoms with Crippen molar-refractivity contribution in [3.8, 4) is 11.6 Å². The Morgan fingerprint density at radius 3 is 2.80 bits per heavy atom. The second-order valence-electron chi connectivity index (χ2n) is 2.83. The first-order valence-corrected chi connectivity index (χ1v) is 4.11. The highest BCUT2D eigenvalue weighted by Gasteiger charge is 2.11. The molecule has 2 aromatic heterocycles. The lowest BCUT2D eigenvalue weighted by molar-refractivity contribution is 0.0695. The lowest BCUT2D eigenvalue weighted by atomic mass is 10.2. The Hall–Kier alpha value is -2.31. The number of aromatic amines is 1. The van der Waals surface area contributed by atoms with Gasteiger partial charge >= 0.3 is 5.97 Å². The molecule has 2 rings (SSSR count). The Morgan fingerprint density at radius 2 is 2.27 bits per heavy atom. The maximum atomic E-state index is 10.7. The van der Waals surface area contributed by atoms with E-state index in [9.17, 15) is 4.79 Å². The van der Waals surface area contributed by atoms with Gasteiger partial charge in [-0.25, -0.2) is 19.7 Å². The monoisotopic (exact) mass is 205 g/mol. The molecule has 0 unspecified atom stereocenters. The highest BCUT2D eigenvalue weighted by atomic mass is 16.4. The van der Waals surface area contributed by atoms with Crippen LogP contribution in [0.15, 0.2) is 12.5 Å². The standard InChI is InChI=1S/C8H7N5O2/c1-4-5(8(14)15)2-9-6(12-4)7-10-3-11-13-7/h2-3H,1H3,(H,14,15)(H,10,11,13). The van der Waals surface area contributed by atoms with E-state index >= 15 is 0 Å². The van der Waals surface area contributed by atoms with Crippen LogP contribution < -0.4 is 0 Å². The average Bonchev–Trinajstić information content (AvgIpc) is 2.69. The molecule has 0 atom stereocenters. The van der Waals surface area contributed by atoms with E-state index in [-0.39, 0.29) is 5.56 Å². The van der Waals surface area contributed by atoms with E-state index in [1.54, 1.807) is 6.92 Å². The maximum absolute atomic E-state index is 10.7. The molecule has 0 aliphatic rings. The number of nitrogens with one attached hydrogen (secondary N) is 1. The summed E-state index contributed by atoms with van der Waals surface area (Å²) >= 11 is 0. The molecule has 0 amide bonds. The Bertz CT molecular complexity index is 494. The van der Waals surface area contributed by atoms with E-state index < -0.39 is 5.97 Å². The number of aromatic carboxylic acids is 1. The number of carboxylic acid groups (broad SMARTS) is 1. The van der Waals surface area contributed by atoms with Crippen LogP contribution in [0.1, 0.15) is 16.1 Å². The van der Waals surface area contributed by atoms with E-state index in [1.807, 2.05) is 0 Å². The first-order valence-electron chi connectivity index (χ1n) is 4.11. The van der Waals surface area contributed by atoms with Crippen molar-refractivity contribution in [2.24, 2.45) is 0 Å². The third-order valence-electron chi connectivity index (χ3n) is 1.84. The predicted octanol–water partition coefficient (Wildman–Crippen LogP) is 0.268. The summed E-state index contributed by atoms with van der Waals surface area (Å²) in [4.78, 5) is 22.5. The highest BCUT2D eigenvalue weighted by molar-refractivity contribution is 5.88. The largest absolute Gasteiger partial charge is 0.478 e. The molecule has 7 heteroatoms. The lowest BCUT2D eigenvalue weighted by Gasteiger charge is -2.00. The molecule has 0 radical (unpaired) electrons. The summed E-state index contributed by atoms with van der Waals surface area (Å²) in [5, 5.41) is 15.0. The number of hydrogen-bond donors (Lipinski definition) is 2. The zero-order chi connectivity index (χ0) is 10.8. The molecule has 2 heterocycles. The first kappa shape index (κ1) is 9.25. The predicted molar refractivity (Wildman–Crippen MR) is 49.1 cm³/mol. The van der Waals surface area contributed by atoms with Gasteiger partial charge < -0.3 is 5.11 Å². The van der Waals surface area contributed by atoms with Gasteiger partial charge in [0.25, 0.3) is 0 Å². The molecular formula is C8H7N5O2. The number of rotatable bonds is 2. The van der Waals surface area contributed by atoms with E-state index in [2.05, 4.69) is 25.1 Å². The molecule has 0 saturated heterocycles. The van der Waals surface area contributed by atoms with Gasteiger partial charge in [0.1, 0.15) is 6.33 Å². The number of carboxylic acids is 1. The Labute approximate surface area is 84.2 Å². The number of aromatic nitrogens is 5. The zero-order valence-corrected chi connectivity index (χ0v) is 7.80. The topological polar surface area (TPSA) is 105 Å². The zero-order valence-electron chi connectivity index (χ0n) is 7.80. The quantitative estimate of drug-likeness (QED) is 0.728. The Balaban J connectivity index is 2.47. The van der Waals surface area contributed by atoms with Crippen molar-refractivity contribution < 1.29 is 9.90 Å². The number of H-pyrrole nitrogens is 1. The van der Waals surface area contributed by atoms with Gasteiger partial charge in [-0.2, -0.15) is 5.10 Å². The fraction of sp³-hybridized carbons (Fsp3) is 0.125. The van der Waals surface area contributed by atoms with Gasteiger partial charge in [0.2, 0.25) is 0 Å². The summed E-state index contributed by atoms with van der Waals surface area (Å²) in [6.07, 6.45) is 2.58. The molecule has 0 bridgehead atoms. The summed E-state index contributed by atoms with van der Waals surface area (Å²) in [6.45, 7) is 1.60. The summed E-state index contributed by atoms with van der Waals surface area (Å²) < 4.78 is 0. The maximum Gasteiger partial charge on any atom is 0.339 e. The number of aryl methyl sites for hydroxylation is 1. The minimum absolute atomic E-state index is 0.0817. The van der Waals surface area contributed by atoms with Crippen LogP contribution in [0.3, 0.4) is 0 Å². The van der Waals surface area contributed by atoms with Crippen LogP contribution in [0.5, 0.6) is 0 Å². The molecule has 0 fully saturated rings. The number of hydrogen-bond acceptors (Lipinski definition) is 5. The number of carbonyl (C=O) groups is 1. The van der Waals surface area contributed by atoms with Crippen LogP contribution in [0.4, 0.5) is 0 Å². The van der Waals surface area contributed by atoms with Crippen LogP contribution in [-0.2, 0) is 0 Å². The van der Waals surface area contributed by atoms with Crippen LogP contribution in [0.25, 0.3) is 11.6 Å². The Morgan fingerprint density at radius 1 is 1.47 bits per heavy atom. The van der Waals surface area contributed by atoms with Crippen molar-refractivity contribution in [2.45, 2.75) is 6.92 Å². The van der Waals surface area contributed by atoms with Crippen molar-refractivity contribution in [2.75, 3.05) is 0 Å². The van der Waals surface area contributed by atoms with Gasteiger partial charge in [-0.1, -0.05) is 0 Å². The smallest absolute Gasteiger partial charge is 0.339 e. The summed E-state index contributed by atoms with van der Waals surface area (Å²) in [6, 6.07) is 0. The van der Waals surface area contributed by atoms with E-state index in [0.29, 0.717) is 17.3 Å². The normalized spacial score (nSPS) is 10.2. The van der Waals surface area contributed by atoms with E-state index in [4.69, 9.17) is 5.11 Å². The summed E-state index contributed by atoms with van der Waals surface area (Å²) in [7, 11) is 0. The fourth-order valence-corrected chi connectivity index (χ4v) is 1.10. The highest BCUT2D eigenvalue weighted by Crippen LogP contribution is 2.10. The van der Waals surface area contributed by atoms with Crippen molar-refractivity contribution in [1.82, 2.24) is 25.1 Å². The van der Waals surface area contributed by atoms with Crippen molar-refractivity contribution in [3.63, 3.8) is 0 Å². The molecule has 0 aromatic carbocycles. The average molecular weight is 205 g/mol. The molecule has 2 aromatic rings. The molecule has 7 nitrogen and oxygen atoms in total. The molecule has 76 valence electrons. The van der Waals surface area contributed by atoms with E-state index in [1.165, 1.54) is 12.5 Å². The lowest BCUT2D eigenvalue weighted by Crippen LogP contribution is -2.04. The third kappa shape index (κ3) is 1.66. The molecular weight excluding hydrogens is 198 g/mol. The molecule has 0 aliphatic heterocycles. The minimum Gasteiger partial charge on any atom is -0.478 e. The second-order valence-corrected chi connectivity index (χ2v) is 2.83. The number of nitrogens with zero attached hydrogens (tertiary/aromatic N) is 4. The first-order chi connectivity index (χ1) is 7.18. The van der Waals surface area contributed by atoms with Crippen molar-refractivity contribution in [1.29, 1.82) is 0 Å². The van der Waals surface area contributed by atoms with Crippen LogP contribution in [0, 0.1) is 6.92 Å². The molecule has 15 heavy (non-hydrogen) atoms. The molecule has 0 saturated carbocycles. The summed E-state index contributed by atoms with van der Waals surface area (Å²) in [5.41, 5.74) is 0.474. The van der Waals surface area contributed by atoms with Gasteiger partial charge in [-0.05, 0) is 6.92 Å². The van der Waals surface area contributed by atoms with Gasteiger partial charge in [-0.3, -0.25) is 5.10 Å². The van der Waals surface area contributed by atoms with Crippen molar-refractivity contribution in [3.05, 3.63) is 23.8 Å². The van der Waals surface area contributed by atoms with E-state index in [0.717, 1.165) is 0 Å². The molecule has 2 N–H and O–H groups in total. The fourth-order valence-electron chi connectivity index (χ4n) is 1.10. The SMILES string of the molecule is Cc1nc(-c2ncn[nH]2)ncc1C(=O)O.